The van der Waals surface area contributed by atoms with Gasteiger partial charge in [0.1, 0.15) is 0 Å². The third-order valence-corrected chi connectivity index (χ3v) is 3.56. The molecule has 1 aromatic carbocycles. The van der Waals surface area contributed by atoms with E-state index in [4.69, 9.17) is 0 Å². The molecule has 2 heteroatoms. The molecule has 0 amide bonds. The smallest absolute Gasteiger partial charge is 0.0756 e. The summed E-state index contributed by atoms with van der Waals surface area (Å²) in [4.78, 5) is 0. The summed E-state index contributed by atoms with van der Waals surface area (Å²) in [7, 11) is 0. The highest BCUT2D eigenvalue weighted by Crippen LogP contribution is 2.31. The van der Waals surface area contributed by atoms with Crippen LogP contribution in [0.15, 0.2) is 28.7 Å². The van der Waals surface area contributed by atoms with Crippen LogP contribution in [0.25, 0.3) is 0 Å². The van der Waals surface area contributed by atoms with Crippen molar-refractivity contribution in [3.05, 3.63) is 34.3 Å². The first kappa shape index (κ1) is 11.7. The summed E-state index contributed by atoms with van der Waals surface area (Å²) in [5, 5.41) is 10.1. The summed E-state index contributed by atoms with van der Waals surface area (Å²) >= 11 is 3.39. The fourth-order valence-corrected chi connectivity index (χ4v) is 2.32. The normalized spacial score (nSPS) is 17.9. The molecule has 0 saturated heterocycles. The van der Waals surface area contributed by atoms with Crippen molar-refractivity contribution in [3.8, 4) is 11.8 Å². The van der Waals surface area contributed by atoms with Crippen LogP contribution in [0.5, 0.6) is 0 Å². The van der Waals surface area contributed by atoms with E-state index in [1.807, 2.05) is 24.3 Å². The van der Waals surface area contributed by atoms with Gasteiger partial charge in [0.2, 0.25) is 0 Å². The van der Waals surface area contributed by atoms with Crippen LogP contribution in [-0.4, -0.2) is 10.7 Å². The highest BCUT2D eigenvalue weighted by Gasteiger charge is 2.29. The molecule has 0 atom stereocenters. The Kier molecular flexibility index (Phi) is 3.68. The highest BCUT2D eigenvalue weighted by molar-refractivity contribution is 9.10. The molecule has 0 bridgehead atoms. The largest absolute Gasteiger partial charge is 0.389 e. The molecule has 16 heavy (non-hydrogen) atoms. The number of benzene rings is 1. The van der Waals surface area contributed by atoms with E-state index in [1.165, 1.54) is 0 Å². The lowest BCUT2D eigenvalue weighted by atomic mass is 9.98. The van der Waals surface area contributed by atoms with Gasteiger partial charge in [-0.25, -0.2) is 0 Å². The summed E-state index contributed by atoms with van der Waals surface area (Å²) < 4.78 is 1.06. The fourth-order valence-electron chi connectivity index (χ4n) is 2.05. The van der Waals surface area contributed by atoms with Gasteiger partial charge in [0.05, 0.1) is 5.60 Å². The van der Waals surface area contributed by atoms with E-state index in [0.717, 1.165) is 35.7 Å². The molecule has 0 spiro atoms. The predicted molar refractivity (Wildman–Crippen MR) is 69.1 cm³/mol. The summed E-state index contributed by atoms with van der Waals surface area (Å²) in [5.41, 5.74) is 0.493. The van der Waals surface area contributed by atoms with E-state index < -0.39 is 5.60 Å². The van der Waals surface area contributed by atoms with E-state index in [-0.39, 0.29) is 0 Å². The minimum absolute atomic E-state index is 0.512. The summed E-state index contributed by atoms with van der Waals surface area (Å²) in [5.74, 6) is 6.18. The topological polar surface area (TPSA) is 20.2 Å². The van der Waals surface area contributed by atoms with Gasteiger partial charge < -0.3 is 5.11 Å². The number of rotatable bonds is 1. The van der Waals surface area contributed by atoms with Crippen LogP contribution in [-0.2, 0) is 0 Å². The molecule has 0 aliphatic heterocycles. The summed E-state index contributed by atoms with van der Waals surface area (Å²) in [6, 6.07) is 7.92. The van der Waals surface area contributed by atoms with Gasteiger partial charge in [-0.1, -0.05) is 40.6 Å². The maximum absolute atomic E-state index is 10.1. The first-order chi connectivity index (χ1) is 7.68. The molecule has 2 rings (SSSR count). The molecule has 0 unspecified atom stereocenters. The molecule has 0 aromatic heterocycles. The second-order valence-electron chi connectivity index (χ2n) is 4.42. The molecule has 1 fully saturated rings. The third-order valence-electron chi connectivity index (χ3n) is 3.03. The maximum Gasteiger partial charge on any atom is 0.0756 e. The second-order valence-corrected chi connectivity index (χ2v) is 5.33. The Labute approximate surface area is 105 Å². The van der Waals surface area contributed by atoms with E-state index >= 15 is 0 Å². The number of halogens is 1. The molecule has 1 aliphatic carbocycles. The van der Waals surface area contributed by atoms with Crippen molar-refractivity contribution in [3.63, 3.8) is 0 Å². The van der Waals surface area contributed by atoms with Gasteiger partial charge in [-0.05, 0) is 37.1 Å². The molecule has 84 valence electrons. The molecule has 1 N–H and O–H groups in total. The minimum Gasteiger partial charge on any atom is -0.389 e. The van der Waals surface area contributed by atoms with E-state index in [9.17, 15) is 5.11 Å². The Bertz CT molecular complexity index is 405. The van der Waals surface area contributed by atoms with Crippen molar-refractivity contribution < 1.29 is 5.11 Å². The lowest BCUT2D eigenvalue weighted by Crippen LogP contribution is -2.22. The standard InChI is InChI=1S/C14H15BrO/c15-13-7-5-12(6-8-13)4-3-11-14(16)9-1-2-10-14/h5-8,16H,1-2,9-11H2. The van der Waals surface area contributed by atoms with Crippen LogP contribution in [0.3, 0.4) is 0 Å². The zero-order valence-corrected chi connectivity index (χ0v) is 10.8. The molecule has 1 aromatic rings. The van der Waals surface area contributed by atoms with Gasteiger partial charge in [-0.2, -0.15) is 0 Å². The van der Waals surface area contributed by atoms with E-state index in [2.05, 4.69) is 27.8 Å². The first-order valence-corrected chi connectivity index (χ1v) is 6.44. The van der Waals surface area contributed by atoms with Crippen LogP contribution in [0.1, 0.15) is 37.7 Å². The third kappa shape index (κ3) is 3.10. The monoisotopic (exact) mass is 278 g/mol. The SMILES string of the molecule is OC1(CC#Cc2ccc(Br)cc2)CCCC1. The van der Waals surface area contributed by atoms with Gasteiger partial charge >= 0.3 is 0 Å². The number of aliphatic hydroxyl groups is 1. The average Bonchev–Trinajstić information content (AvgIpc) is 2.69. The van der Waals surface area contributed by atoms with Gasteiger partial charge in [-0.15, -0.1) is 0 Å². The molecule has 1 nitrogen and oxygen atoms in total. The molecular formula is C14H15BrO. The van der Waals surface area contributed by atoms with Crippen LogP contribution in [0.2, 0.25) is 0 Å². The second kappa shape index (κ2) is 5.03. The molecule has 0 heterocycles. The van der Waals surface area contributed by atoms with Gasteiger partial charge in [-0.3, -0.25) is 0 Å². The molecule has 1 saturated carbocycles. The van der Waals surface area contributed by atoms with Gasteiger partial charge in [0, 0.05) is 16.5 Å². The van der Waals surface area contributed by atoms with Crippen LogP contribution in [0, 0.1) is 11.8 Å². The van der Waals surface area contributed by atoms with Crippen molar-refractivity contribution in [2.24, 2.45) is 0 Å². The summed E-state index contributed by atoms with van der Waals surface area (Å²) in [6.45, 7) is 0. The van der Waals surface area contributed by atoms with E-state index in [1.54, 1.807) is 0 Å². The molecule has 1 aliphatic rings. The van der Waals surface area contributed by atoms with Crippen molar-refractivity contribution >= 4 is 15.9 Å². The quantitative estimate of drug-likeness (QED) is 0.780. The van der Waals surface area contributed by atoms with Crippen LogP contribution < -0.4 is 0 Å². The van der Waals surface area contributed by atoms with Gasteiger partial charge in [0.25, 0.3) is 0 Å². The Morgan fingerprint density at radius 1 is 1.19 bits per heavy atom. The Hall–Kier alpha value is -0.780. The lowest BCUT2D eigenvalue weighted by molar-refractivity contribution is 0.0532. The highest BCUT2D eigenvalue weighted by atomic mass is 79.9. The Morgan fingerprint density at radius 3 is 2.44 bits per heavy atom. The van der Waals surface area contributed by atoms with Crippen molar-refractivity contribution in [2.45, 2.75) is 37.7 Å². The van der Waals surface area contributed by atoms with Gasteiger partial charge in [0.15, 0.2) is 0 Å². The average molecular weight is 279 g/mol. The summed E-state index contributed by atoms with van der Waals surface area (Å²) in [6.07, 6.45) is 4.68. The lowest BCUT2D eigenvalue weighted by Gasteiger charge is -2.17. The zero-order valence-electron chi connectivity index (χ0n) is 9.17. The van der Waals surface area contributed by atoms with Crippen molar-refractivity contribution in [1.82, 2.24) is 0 Å². The van der Waals surface area contributed by atoms with Crippen molar-refractivity contribution in [1.29, 1.82) is 0 Å². The maximum atomic E-state index is 10.1. The fraction of sp³-hybridized carbons (Fsp3) is 0.429. The van der Waals surface area contributed by atoms with Crippen LogP contribution in [0.4, 0.5) is 0 Å². The Morgan fingerprint density at radius 2 is 1.81 bits per heavy atom. The minimum atomic E-state index is -0.512. The molecular weight excluding hydrogens is 264 g/mol. The predicted octanol–water partition coefficient (Wildman–Crippen LogP) is 3.50. The molecule has 0 radical (unpaired) electrons. The number of hydrogen-bond donors (Lipinski definition) is 1. The van der Waals surface area contributed by atoms with Crippen LogP contribution >= 0.6 is 15.9 Å². The zero-order chi connectivity index (χ0) is 11.4. The first-order valence-electron chi connectivity index (χ1n) is 5.65. The van der Waals surface area contributed by atoms with Crippen molar-refractivity contribution in [2.75, 3.05) is 0 Å². The van der Waals surface area contributed by atoms with E-state index in [0.29, 0.717) is 6.42 Å². The Balaban J connectivity index is 1.97. The number of hydrogen-bond acceptors (Lipinski definition) is 1.